The normalized spacial score (nSPS) is 20.5. The van der Waals surface area contributed by atoms with Crippen molar-refractivity contribution < 1.29 is 23.1 Å². The summed E-state index contributed by atoms with van der Waals surface area (Å²) in [7, 11) is -3.81. The Labute approximate surface area is 170 Å². The van der Waals surface area contributed by atoms with Crippen molar-refractivity contribution >= 4 is 33.5 Å². The zero-order chi connectivity index (χ0) is 20.4. The van der Waals surface area contributed by atoms with E-state index in [0.717, 1.165) is 38.5 Å². The molecule has 3 rings (SSSR count). The summed E-state index contributed by atoms with van der Waals surface area (Å²) < 4.78 is 27.3. The van der Waals surface area contributed by atoms with E-state index >= 15 is 0 Å². The van der Waals surface area contributed by atoms with Gasteiger partial charge in [-0.2, -0.15) is 4.31 Å². The van der Waals surface area contributed by atoms with E-state index in [2.05, 4.69) is 5.32 Å². The number of carbonyl (C=O) groups is 2. The molecule has 28 heavy (non-hydrogen) atoms. The van der Waals surface area contributed by atoms with Gasteiger partial charge < -0.3 is 10.4 Å². The highest BCUT2D eigenvalue weighted by molar-refractivity contribution is 7.89. The molecule has 2 aliphatic rings. The van der Waals surface area contributed by atoms with Gasteiger partial charge in [-0.3, -0.25) is 4.79 Å². The van der Waals surface area contributed by atoms with E-state index in [4.69, 9.17) is 11.6 Å². The number of rotatable bonds is 5. The highest BCUT2D eigenvalue weighted by Crippen LogP contribution is 2.31. The van der Waals surface area contributed by atoms with Crippen molar-refractivity contribution in [2.24, 2.45) is 0 Å². The number of sulfonamides is 1. The lowest BCUT2D eigenvalue weighted by Crippen LogP contribution is -2.55. The number of carbonyl (C=O) groups excluding carboxylic acids is 1. The van der Waals surface area contributed by atoms with E-state index in [9.17, 15) is 23.1 Å². The van der Waals surface area contributed by atoms with Crippen LogP contribution in [0.1, 0.15) is 61.7 Å². The van der Waals surface area contributed by atoms with E-state index in [1.807, 2.05) is 0 Å². The third-order valence-corrected chi connectivity index (χ3v) is 7.98. The minimum Gasteiger partial charge on any atom is -0.480 e. The van der Waals surface area contributed by atoms with Gasteiger partial charge in [0.1, 0.15) is 10.4 Å². The monoisotopic (exact) mass is 428 g/mol. The lowest BCUT2D eigenvalue weighted by molar-refractivity contribution is -0.145. The van der Waals surface area contributed by atoms with Crippen LogP contribution in [-0.2, 0) is 14.8 Å². The maximum atomic E-state index is 13.0. The van der Waals surface area contributed by atoms with Crippen molar-refractivity contribution in [2.75, 3.05) is 13.1 Å². The van der Waals surface area contributed by atoms with Gasteiger partial charge >= 0.3 is 5.97 Å². The first-order chi connectivity index (χ1) is 13.3. The van der Waals surface area contributed by atoms with Gasteiger partial charge in [0.15, 0.2) is 0 Å². The van der Waals surface area contributed by atoms with Crippen LogP contribution in [0.25, 0.3) is 0 Å². The Balaban J connectivity index is 1.88. The smallest absolute Gasteiger partial charge is 0.329 e. The minimum atomic E-state index is -3.81. The fourth-order valence-electron chi connectivity index (χ4n) is 3.92. The second kappa shape index (κ2) is 8.39. The highest BCUT2D eigenvalue weighted by Gasteiger charge is 2.41. The number of nitrogens with one attached hydrogen (secondary N) is 1. The van der Waals surface area contributed by atoms with Crippen molar-refractivity contribution in [3.05, 3.63) is 28.8 Å². The number of hydrogen-bond donors (Lipinski definition) is 2. The fraction of sp³-hybridized carbons (Fsp3) is 0.579. The summed E-state index contributed by atoms with van der Waals surface area (Å²) >= 11 is 6.14. The number of amides is 1. The number of carboxylic acids is 1. The molecule has 7 nitrogen and oxygen atoms in total. The molecule has 2 N–H and O–H groups in total. The summed E-state index contributed by atoms with van der Waals surface area (Å²) in [6.07, 6.45) is 5.67. The molecule has 0 bridgehead atoms. The van der Waals surface area contributed by atoms with Crippen LogP contribution in [0.4, 0.5) is 0 Å². The van der Waals surface area contributed by atoms with Crippen LogP contribution in [0.2, 0.25) is 5.02 Å². The largest absolute Gasteiger partial charge is 0.480 e. The molecule has 1 aromatic carbocycles. The number of piperidine rings is 1. The van der Waals surface area contributed by atoms with Gasteiger partial charge in [0.25, 0.3) is 5.91 Å². The van der Waals surface area contributed by atoms with Crippen molar-refractivity contribution in [3.8, 4) is 0 Å². The maximum absolute atomic E-state index is 13.0. The molecule has 9 heteroatoms. The van der Waals surface area contributed by atoms with E-state index in [0.29, 0.717) is 25.9 Å². The molecular formula is C19H25ClN2O5S. The summed E-state index contributed by atoms with van der Waals surface area (Å²) in [5, 5.41) is 12.3. The highest BCUT2D eigenvalue weighted by atomic mass is 35.5. The molecule has 0 spiro atoms. The molecule has 0 atom stereocenters. The van der Waals surface area contributed by atoms with Crippen LogP contribution >= 0.6 is 11.6 Å². The predicted octanol–water partition coefficient (Wildman–Crippen LogP) is 3.03. The van der Waals surface area contributed by atoms with Gasteiger partial charge in [0.05, 0.1) is 5.02 Å². The van der Waals surface area contributed by atoms with Crippen LogP contribution in [-0.4, -0.2) is 48.3 Å². The second-order valence-electron chi connectivity index (χ2n) is 7.51. The molecule has 1 amide bonds. The number of carboxylic acid groups (broad SMARTS) is 1. The molecule has 1 saturated carbocycles. The molecule has 0 aromatic heterocycles. The van der Waals surface area contributed by atoms with Crippen molar-refractivity contribution in [1.29, 1.82) is 0 Å². The fourth-order valence-corrected chi connectivity index (χ4v) is 5.94. The van der Waals surface area contributed by atoms with Gasteiger partial charge in [-0.15, -0.1) is 0 Å². The zero-order valence-corrected chi connectivity index (χ0v) is 17.2. The lowest BCUT2D eigenvalue weighted by Gasteiger charge is -2.34. The second-order valence-corrected chi connectivity index (χ2v) is 9.83. The van der Waals surface area contributed by atoms with Crippen molar-refractivity contribution in [3.63, 3.8) is 0 Å². The molecule has 1 heterocycles. The van der Waals surface area contributed by atoms with Gasteiger partial charge in [-0.05, 0) is 43.9 Å². The summed E-state index contributed by atoms with van der Waals surface area (Å²) in [4.78, 5) is 24.4. The van der Waals surface area contributed by atoms with Crippen LogP contribution in [0.3, 0.4) is 0 Å². The first-order valence-corrected chi connectivity index (χ1v) is 11.4. The molecule has 1 aromatic rings. The van der Waals surface area contributed by atoms with E-state index in [-0.39, 0.29) is 15.5 Å². The number of aliphatic carboxylic acids is 1. The van der Waals surface area contributed by atoms with Gasteiger partial charge in [-0.25, -0.2) is 13.2 Å². The molecule has 0 unspecified atom stereocenters. The Kier molecular flexibility index (Phi) is 6.31. The number of benzene rings is 1. The number of halogens is 1. The Hall–Kier alpha value is -1.64. The van der Waals surface area contributed by atoms with Crippen LogP contribution < -0.4 is 5.32 Å². The van der Waals surface area contributed by atoms with Crippen LogP contribution in [0.15, 0.2) is 23.1 Å². The van der Waals surface area contributed by atoms with Gasteiger partial charge in [-0.1, -0.05) is 37.3 Å². The lowest BCUT2D eigenvalue weighted by atomic mass is 9.81. The Morgan fingerprint density at radius 3 is 2.25 bits per heavy atom. The molecule has 1 saturated heterocycles. The van der Waals surface area contributed by atoms with Gasteiger partial charge in [0.2, 0.25) is 10.0 Å². The number of hydrogen-bond acceptors (Lipinski definition) is 4. The SMILES string of the molecule is O=C(NC1(C(=O)O)CCCCC1)c1ccc(Cl)c(S(=O)(=O)N2CCCCC2)c1. The average Bonchev–Trinajstić information content (AvgIpc) is 2.69. The summed E-state index contributed by atoms with van der Waals surface area (Å²) in [6.45, 7) is 0.856. The standard InChI is InChI=1S/C19H25ClN2O5S/c20-15-8-7-14(13-16(15)28(26,27)22-11-5-2-6-12-22)17(23)21-19(18(24)25)9-3-1-4-10-19/h7-8,13H,1-6,9-12H2,(H,21,23)(H,24,25). The Morgan fingerprint density at radius 1 is 1.04 bits per heavy atom. The molecule has 154 valence electrons. The zero-order valence-electron chi connectivity index (χ0n) is 15.6. The molecule has 1 aliphatic carbocycles. The topological polar surface area (TPSA) is 104 Å². The average molecular weight is 429 g/mol. The molecular weight excluding hydrogens is 404 g/mol. The molecule has 2 fully saturated rings. The van der Waals surface area contributed by atoms with Crippen LogP contribution in [0.5, 0.6) is 0 Å². The third-order valence-electron chi connectivity index (χ3n) is 5.60. The summed E-state index contributed by atoms with van der Waals surface area (Å²) in [5.74, 6) is -1.66. The quantitative estimate of drug-likeness (QED) is 0.750. The number of nitrogens with zero attached hydrogens (tertiary/aromatic N) is 1. The third kappa shape index (κ3) is 4.18. The van der Waals surface area contributed by atoms with Crippen molar-refractivity contribution in [1.82, 2.24) is 9.62 Å². The van der Waals surface area contributed by atoms with E-state index < -0.39 is 27.4 Å². The van der Waals surface area contributed by atoms with Crippen molar-refractivity contribution in [2.45, 2.75) is 61.8 Å². The Morgan fingerprint density at radius 2 is 1.64 bits per heavy atom. The molecule has 0 radical (unpaired) electrons. The molecule has 1 aliphatic heterocycles. The first-order valence-electron chi connectivity index (χ1n) is 9.62. The minimum absolute atomic E-state index is 0.0488. The first kappa shape index (κ1) is 21.1. The summed E-state index contributed by atoms with van der Waals surface area (Å²) in [6, 6.07) is 4.05. The maximum Gasteiger partial charge on any atom is 0.329 e. The Bertz CT molecular complexity index is 859. The van der Waals surface area contributed by atoms with E-state index in [1.54, 1.807) is 0 Å². The summed E-state index contributed by atoms with van der Waals surface area (Å²) in [5.41, 5.74) is -1.22. The van der Waals surface area contributed by atoms with Gasteiger partial charge in [0, 0.05) is 18.7 Å². The van der Waals surface area contributed by atoms with E-state index in [1.165, 1.54) is 22.5 Å². The predicted molar refractivity (Wildman–Crippen MR) is 105 cm³/mol. The van der Waals surface area contributed by atoms with Crippen LogP contribution in [0, 0.1) is 0 Å².